The summed E-state index contributed by atoms with van der Waals surface area (Å²) in [6, 6.07) is 6.79. The van der Waals surface area contributed by atoms with Crippen LogP contribution in [0.25, 0.3) is 11.3 Å². The first-order valence-corrected chi connectivity index (χ1v) is 7.46. The van der Waals surface area contributed by atoms with Crippen LogP contribution in [0.5, 0.6) is 11.5 Å². The summed E-state index contributed by atoms with van der Waals surface area (Å²) in [6.07, 6.45) is 1.11. The number of carboxylic acids is 1. The Morgan fingerprint density at radius 1 is 1.23 bits per heavy atom. The second-order valence-corrected chi connectivity index (χ2v) is 5.43. The third-order valence-corrected chi connectivity index (χ3v) is 3.80. The number of ether oxygens (including phenoxy) is 2. The van der Waals surface area contributed by atoms with Gasteiger partial charge in [0.1, 0.15) is 17.0 Å². The number of anilines is 1. The van der Waals surface area contributed by atoms with Crippen LogP contribution in [0.15, 0.2) is 35.0 Å². The lowest BCUT2D eigenvalue weighted by atomic mass is 10.1. The van der Waals surface area contributed by atoms with Crippen molar-refractivity contribution in [1.82, 2.24) is 14.9 Å². The average molecular weight is 356 g/mol. The zero-order valence-electron chi connectivity index (χ0n) is 13.4. The van der Waals surface area contributed by atoms with Gasteiger partial charge in [0, 0.05) is 18.7 Å². The van der Waals surface area contributed by atoms with Gasteiger partial charge in [0.05, 0.1) is 6.20 Å². The van der Waals surface area contributed by atoms with E-state index < -0.39 is 11.9 Å². The molecule has 3 heterocycles. The Bertz CT molecular complexity index is 1020. The Labute approximate surface area is 145 Å². The molecule has 0 bridgehead atoms. The Balaban J connectivity index is 1.57. The molecule has 0 saturated carbocycles. The number of carbonyl (C=O) groups excluding carboxylic acids is 1. The van der Waals surface area contributed by atoms with Crippen molar-refractivity contribution < 1.29 is 28.7 Å². The maximum Gasteiger partial charge on any atom is 0.339 e. The second-order valence-electron chi connectivity index (χ2n) is 5.43. The van der Waals surface area contributed by atoms with Gasteiger partial charge in [0.2, 0.25) is 12.7 Å². The van der Waals surface area contributed by atoms with Crippen molar-refractivity contribution in [3.63, 3.8) is 0 Å². The Morgan fingerprint density at radius 3 is 2.85 bits per heavy atom. The molecule has 1 aromatic carbocycles. The molecule has 2 aromatic heterocycles. The molecule has 1 amide bonds. The standard InChI is InChI=1S/C16H12N4O6/c1-20-14(9(6-17-20)16(22)23)15(21)18-13-5-10(19-26-13)8-2-3-11-12(4-8)25-7-24-11/h2-6H,7H2,1H3,(H,18,21)(H,22,23). The highest BCUT2D eigenvalue weighted by Gasteiger charge is 2.23. The summed E-state index contributed by atoms with van der Waals surface area (Å²) in [6.45, 7) is 0.162. The summed E-state index contributed by atoms with van der Waals surface area (Å²) < 4.78 is 16.9. The van der Waals surface area contributed by atoms with Crippen molar-refractivity contribution in [3.05, 3.63) is 41.7 Å². The number of rotatable bonds is 4. The molecule has 0 fully saturated rings. The molecule has 4 rings (SSSR count). The SMILES string of the molecule is Cn1ncc(C(=O)O)c1C(=O)Nc1cc(-c2ccc3c(c2)OCO3)no1. The number of amides is 1. The van der Waals surface area contributed by atoms with Gasteiger partial charge in [0.15, 0.2) is 11.5 Å². The van der Waals surface area contributed by atoms with E-state index in [2.05, 4.69) is 15.6 Å². The zero-order valence-corrected chi connectivity index (χ0v) is 13.4. The third kappa shape index (κ3) is 2.62. The fraction of sp³-hybridized carbons (Fsp3) is 0.125. The number of carbonyl (C=O) groups is 2. The minimum absolute atomic E-state index is 0.0696. The highest BCUT2D eigenvalue weighted by molar-refractivity contribution is 6.09. The maximum atomic E-state index is 12.4. The molecule has 10 heteroatoms. The number of aryl methyl sites for hydroxylation is 1. The summed E-state index contributed by atoms with van der Waals surface area (Å²) in [4.78, 5) is 23.5. The highest BCUT2D eigenvalue weighted by atomic mass is 16.7. The van der Waals surface area contributed by atoms with E-state index in [-0.39, 0.29) is 23.9 Å². The summed E-state index contributed by atoms with van der Waals surface area (Å²) in [5.41, 5.74) is 0.881. The third-order valence-electron chi connectivity index (χ3n) is 3.80. The molecule has 1 aliphatic heterocycles. The van der Waals surface area contributed by atoms with Crippen LogP contribution in [0.3, 0.4) is 0 Å². The number of nitrogens with one attached hydrogen (secondary N) is 1. The first kappa shape index (κ1) is 15.7. The molecule has 0 unspecified atom stereocenters. The lowest BCUT2D eigenvalue weighted by molar-refractivity contribution is 0.0692. The predicted molar refractivity (Wildman–Crippen MR) is 86.2 cm³/mol. The topological polar surface area (TPSA) is 129 Å². The molecular weight excluding hydrogens is 344 g/mol. The number of fused-ring (bicyclic) bond motifs is 1. The van der Waals surface area contributed by atoms with Crippen molar-refractivity contribution in [3.8, 4) is 22.8 Å². The Hall–Kier alpha value is -3.82. The van der Waals surface area contributed by atoms with Crippen LogP contribution in [0.2, 0.25) is 0 Å². The molecule has 0 spiro atoms. The normalized spacial score (nSPS) is 12.2. The van der Waals surface area contributed by atoms with Crippen molar-refractivity contribution in [2.24, 2.45) is 7.05 Å². The van der Waals surface area contributed by atoms with E-state index in [1.165, 1.54) is 17.8 Å². The fourth-order valence-electron chi connectivity index (χ4n) is 2.56. The van der Waals surface area contributed by atoms with Crippen molar-refractivity contribution in [2.75, 3.05) is 12.1 Å². The number of aromatic carboxylic acids is 1. The number of carboxylic acid groups (broad SMARTS) is 1. The van der Waals surface area contributed by atoms with Crippen LogP contribution in [-0.4, -0.2) is 38.7 Å². The van der Waals surface area contributed by atoms with E-state index in [9.17, 15) is 9.59 Å². The fourth-order valence-corrected chi connectivity index (χ4v) is 2.56. The highest BCUT2D eigenvalue weighted by Crippen LogP contribution is 2.36. The van der Waals surface area contributed by atoms with E-state index in [0.29, 0.717) is 22.8 Å². The molecule has 3 aromatic rings. The first-order chi connectivity index (χ1) is 12.5. The molecule has 0 radical (unpaired) electrons. The quantitative estimate of drug-likeness (QED) is 0.723. The Kier molecular flexibility index (Phi) is 3.57. The largest absolute Gasteiger partial charge is 0.478 e. The van der Waals surface area contributed by atoms with Crippen LogP contribution in [0.1, 0.15) is 20.8 Å². The lowest BCUT2D eigenvalue weighted by Crippen LogP contribution is -2.19. The van der Waals surface area contributed by atoms with Gasteiger partial charge in [-0.1, -0.05) is 5.16 Å². The molecule has 0 saturated heterocycles. The smallest absolute Gasteiger partial charge is 0.339 e. The summed E-state index contributed by atoms with van der Waals surface area (Å²) in [5.74, 6) is -0.613. The molecule has 1 aliphatic rings. The number of benzene rings is 1. The molecule has 26 heavy (non-hydrogen) atoms. The van der Waals surface area contributed by atoms with E-state index in [1.54, 1.807) is 18.2 Å². The number of nitrogens with zero attached hydrogens (tertiary/aromatic N) is 3. The van der Waals surface area contributed by atoms with E-state index in [4.69, 9.17) is 19.1 Å². The number of hydrogen-bond donors (Lipinski definition) is 2. The van der Waals surface area contributed by atoms with Crippen molar-refractivity contribution in [2.45, 2.75) is 0 Å². The van der Waals surface area contributed by atoms with E-state index >= 15 is 0 Å². The molecule has 0 aliphatic carbocycles. The first-order valence-electron chi connectivity index (χ1n) is 7.46. The van der Waals surface area contributed by atoms with Crippen molar-refractivity contribution in [1.29, 1.82) is 0 Å². The average Bonchev–Trinajstić information content (AvgIpc) is 3.32. The molecule has 0 atom stereocenters. The molecular formula is C16H12N4O6. The number of aromatic nitrogens is 3. The van der Waals surface area contributed by atoms with Gasteiger partial charge in [-0.25, -0.2) is 4.79 Å². The molecule has 132 valence electrons. The van der Waals surface area contributed by atoms with E-state index in [1.807, 2.05) is 0 Å². The summed E-state index contributed by atoms with van der Waals surface area (Å²) in [7, 11) is 1.47. The second kappa shape index (κ2) is 5.92. The molecule has 10 nitrogen and oxygen atoms in total. The maximum absolute atomic E-state index is 12.4. The van der Waals surface area contributed by atoms with Gasteiger partial charge in [0.25, 0.3) is 5.91 Å². The zero-order chi connectivity index (χ0) is 18.3. The monoisotopic (exact) mass is 356 g/mol. The van der Waals surface area contributed by atoms with Gasteiger partial charge in [-0.3, -0.25) is 14.8 Å². The van der Waals surface area contributed by atoms with E-state index in [0.717, 1.165) is 6.20 Å². The molecule has 2 N–H and O–H groups in total. The lowest BCUT2D eigenvalue weighted by Gasteiger charge is -2.03. The van der Waals surface area contributed by atoms with Crippen LogP contribution in [0, 0.1) is 0 Å². The van der Waals surface area contributed by atoms with Gasteiger partial charge in [-0.2, -0.15) is 5.10 Å². The van der Waals surface area contributed by atoms with Gasteiger partial charge < -0.3 is 19.1 Å². The van der Waals surface area contributed by atoms with Crippen LogP contribution >= 0.6 is 0 Å². The number of hydrogen-bond acceptors (Lipinski definition) is 7. The van der Waals surface area contributed by atoms with Crippen LogP contribution in [0.4, 0.5) is 5.88 Å². The van der Waals surface area contributed by atoms with Gasteiger partial charge in [-0.15, -0.1) is 0 Å². The minimum Gasteiger partial charge on any atom is -0.478 e. The van der Waals surface area contributed by atoms with Crippen molar-refractivity contribution >= 4 is 17.8 Å². The summed E-state index contributed by atoms with van der Waals surface area (Å²) >= 11 is 0. The Morgan fingerprint density at radius 2 is 2.04 bits per heavy atom. The summed E-state index contributed by atoms with van der Waals surface area (Å²) in [5, 5.41) is 19.3. The van der Waals surface area contributed by atoms with Crippen LogP contribution < -0.4 is 14.8 Å². The van der Waals surface area contributed by atoms with Gasteiger partial charge >= 0.3 is 5.97 Å². The predicted octanol–water partition coefficient (Wildman–Crippen LogP) is 1.75. The minimum atomic E-state index is -1.25. The van der Waals surface area contributed by atoms with Crippen LogP contribution in [-0.2, 0) is 7.05 Å². The van der Waals surface area contributed by atoms with Gasteiger partial charge in [-0.05, 0) is 18.2 Å².